The molecular formula is C36H32Cl2N6O4. The van der Waals surface area contributed by atoms with Crippen LogP contribution in [0.25, 0.3) is 10.8 Å². The van der Waals surface area contributed by atoms with Crippen molar-refractivity contribution in [1.29, 1.82) is 0 Å². The van der Waals surface area contributed by atoms with Gasteiger partial charge in [-0.1, -0.05) is 89.8 Å². The van der Waals surface area contributed by atoms with Crippen molar-refractivity contribution in [3.63, 3.8) is 0 Å². The molecule has 4 aromatic rings. The van der Waals surface area contributed by atoms with Crippen molar-refractivity contribution in [2.75, 3.05) is 25.0 Å². The maximum atomic E-state index is 14.3. The third kappa shape index (κ3) is 6.80. The van der Waals surface area contributed by atoms with Crippen LogP contribution in [-0.4, -0.2) is 75.9 Å². The van der Waals surface area contributed by atoms with E-state index in [1.54, 1.807) is 45.1 Å². The Morgan fingerprint density at radius 2 is 1.73 bits per heavy atom. The molecule has 2 saturated heterocycles. The first-order chi connectivity index (χ1) is 23.3. The van der Waals surface area contributed by atoms with Gasteiger partial charge in [0.1, 0.15) is 12.2 Å². The smallest absolute Gasteiger partial charge is 0.333 e. The number of fused-ring (bicyclic) bond motifs is 2. The van der Waals surface area contributed by atoms with Gasteiger partial charge in [-0.05, 0) is 51.7 Å². The van der Waals surface area contributed by atoms with E-state index in [1.165, 1.54) is 5.01 Å². The van der Waals surface area contributed by atoms with Crippen LogP contribution in [0.5, 0.6) is 0 Å². The molecule has 0 radical (unpaired) electrons. The van der Waals surface area contributed by atoms with E-state index in [0.717, 1.165) is 27.5 Å². The van der Waals surface area contributed by atoms with E-state index in [-0.39, 0.29) is 44.4 Å². The Labute approximate surface area is 288 Å². The lowest BCUT2D eigenvalue weighted by Crippen LogP contribution is -2.66. The molecule has 0 spiro atoms. The number of piperazine rings is 1. The van der Waals surface area contributed by atoms with Crippen molar-refractivity contribution < 1.29 is 19.2 Å². The lowest BCUT2D eigenvalue weighted by Gasteiger charge is -2.46. The summed E-state index contributed by atoms with van der Waals surface area (Å²) in [6, 6.07) is 24.8. The number of hydrogen-bond donors (Lipinski definition) is 2. The minimum absolute atomic E-state index is 0.0992. The first kappa shape index (κ1) is 32.8. The van der Waals surface area contributed by atoms with Crippen LogP contribution in [0.1, 0.15) is 16.7 Å². The number of amides is 5. The van der Waals surface area contributed by atoms with Crippen LogP contribution in [-0.2, 0) is 33.9 Å². The summed E-state index contributed by atoms with van der Waals surface area (Å²) < 4.78 is 0. The van der Waals surface area contributed by atoms with Gasteiger partial charge in [-0.15, -0.1) is 6.42 Å². The molecule has 12 heteroatoms. The van der Waals surface area contributed by atoms with Gasteiger partial charge in [0.15, 0.2) is 0 Å². The molecule has 2 fully saturated rings. The van der Waals surface area contributed by atoms with Crippen molar-refractivity contribution in [1.82, 2.24) is 25.1 Å². The van der Waals surface area contributed by atoms with Crippen LogP contribution in [0.2, 0.25) is 10.0 Å². The lowest BCUT2D eigenvalue weighted by atomic mass is 9.98. The zero-order valence-corrected chi connectivity index (χ0v) is 27.3. The van der Waals surface area contributed by atoms with Crippen LogP contribution >= 0.6 is 23.2 Å². The summed E-state index contributed by atoms with van der Waals surface area (Å²) in [6.07, 6.45) is 5.90. The Morgan fingerprint density at radius 1 is 0.979 bits per heavy atom. The standard InChI is InChI=1S/C36H32Cl2N6O4/c1-2-16-42(36(48)39-19-25-12-15-30(37)31(38)17-25)43-22-34(46)44-32(18-24-10-13-28(14-11-24)40-23-45)35(47)41(21-33(43)44)20-27-8-5-7-26-6-3-4-9-29(26)27/h1,3-15,17,23,32-33H,16,18-22H2,(H,39,48)(H,40,45)/t32-,33+/m0/s1. The van der Waals surface area contributed by atoms with Gasteiger partial charge in [-0.2, -0.15) is 5.01 Å². The molecule has 6 rings (SSSR count). The first-order valence-corrected chi connectivity index (χ1v) is 16.1. The number of carbonyl (C=O) groups excluding carboxylic acids is 4. The fourth-order valence-corrected chi connectivity index (χ4v) is 6.66. The van der Waals surface area contributed by atoms with E-state index in [0.29, 0.717) is 28.7 Å². The zero-order chi connectivity index (χ0) is 33.8. The van der Waals surface area contributed by atoms with E-state index in [9.17, 15) is 19.2 Å². The van der Waals surface area contributed by atoms with Crippen LogP contribution in [0.4, 0.5) is 10.5 Å². The lowest BCUT2D eigenvalue weighted by molar-refractivity contribution is -0.157. The SMILES string of the molecule is C#CCN(C(=O)NCc1ccc(Cl)c(Cl)c1)N1CC(=O)N2[C@@H](Cc3ccc(NC=O)cc3)C(=O)N(Cc3cccc4ccccc34)C[C@@H]21. The number of urea groups is 1. The van der Waals surface area contributed by atoms with E-state index in [4.69, 9.17) is 29.6 Å². The molecule has 2 heterocycles. The highest BCUT2D eigenvalue weighted by Crippen LogP contribution is 2.31. The van der Waals surface area contributed by atoms with Crippen molar-refractivity contribution in [2.24, 2.45) is 0 Å². The maximum absolute atomic E-state index is 14.3. The Hall–Kier alpha value is -5.08. The van der Waals surface area contributed by atoms with E-state index >= 15 is 0 Å². The Kier molecular flexibility index (Phi) is 9.82. The summed E-state index contributed by atoms with van der Waals surface area (Å²) in [5.41, 5.74) is 3.12. The molecule has 5 amide bonds. The molecule has 0 unspecified atom stereocenters. The second-order valence-corrected chi connectivity index (χ2v) is 12.4. The predicted molar refractivity (Wildman–Crippen MR) is 185 cm³/mol. The van der Waals surface area contributed by atoms with Gasteiger partial charge in [-0.25, -0.2) is 9.80 Å². The van der Waals surface area contributed by atoms with Gasteiger partial charge in [0.2, 0.25) is 18.2 Å². The number of nitrogens with zero attached hydrogens (tertiary/aromatic N) is 4. The topological polar surface area (TPSA) is 105 Å². The number of carbonyl (C=O) groups is 4. The van der Waals surface area contributed by atoms with E-state index in [1.807, 2.05) is 54.6 Å². The van der Waals surface area contributed by atoms with Crippen molar-refractivity contribution in [2.45, 2.75) is 31.7 Å². The Bertz CT molecular complexity index is 1910. The molecule has 2 N–H and O–H groups in total. The number of terminal acetylenes is 1. The zero-order valence-electron chi connectivity index (χ0n) is 25.8. The normalized spacial score (nSPS) is 17.6. The second-order valence-electron chi connectivity index (χ2n) is 11.6. The van der Waals surface area contributed by atoms with E-state index in [2.05, 4.69) is 16.6 Å². The quantitative estimate of drug-likeness (QED) is 0.183. The van der Waals surface area contributed by atoms with E-state index < -0.39 is 18.2 Å². The van der Waals surface area contributed by atoms with Gasteiger partial charge in [-0.3, -0.25) is 14.4 Å². The molecule has 0 aliphatic carbocycles. The number of nitrogens with one attached hydrogen (secondary N) is 2. The Balaban J connectivity index is 1.31. The largest absolute Gasteiger partial charge is 0.333 e. The molecule has 244 valence electrons. The number of hydrogen-bond acceptors (Lipinski definition) is 5. The molecule has 2 atom stereocenters. The predicted octanol–water partition coefficient (Wildman–Crippen LogP) is 4.90. The van der Waals surface area contributed by atoms with Crippen molar-refractivity contribution >= 4 is 63.9 Å². The molecule has 0 aromatic heterocycles. The number of rotatable bonds is 10. The number of anilines is 1. The van der Waals surface area contributed by atoms with Crippen LogP contribution < -0.4 is 10.6 Å². The van der Waals surface area contributed by atoms with Gasteiger partial charge in [0.05, 0.1) is 29.7 Å². The average molecular weight is 684 g/mol. The molecule has 10 nitrogen and oxygen atoms in total. The Morgan fingerprint density at radius 3 is 2.48 bits per heavy atom. The van der Waals surface area contributed by atoms with Crippen molar-refractivity contribution in [3.05, 3.63) is 112 Å². The number of benzene rings is 4. The van der Waals surface area contributed by atoms with Gasteiger partial charge < -0.3 is 20.4 Å². The highest BCUT2D eigenvalue weighted by Gasteiger charge is 2.52. The van der Waals surface area contributed by atoms with Crippen molar-refractivity contribution in [3.8, 4) is 12.3 Å². The summed E-state index contributed by atoms with van der Waals surface area (Å²) in [4.78, 5) is 55.9. The fourth-order valence-electron chi connectivity index (χ4n) is 6.34. The second kappa shape index (κ2) is 14.4. The number of halogens is 2. The van der Waals surface area contributed by atoms with Crippen LogP contribution in [0.3, 0.4) is 0 Å². The molecule has 2 aliphatic rings. The summed E-state index contributed by atoms with van der Waals surface area (Å²) in [5.74, 6) is 2.05. The molecule has 4 aromatic carbocycles. The first-order valence-electron chi connectivity index (χ1n) is 15.3. The van der Waals surface area contributed by atoms with Crippen LogP contribution in [0.15, 0.2) is 84.9 Å². The molecular weight excluding hydrogens is 651 g/mol. The summed E-state index contributed by atoms with van der Waals surface area (Å²) in [6.45, 7) is 0.381. The van der Waals surface area contributed by atoms with Crippen LogP contribution in [0, 0.1) is 12.3 Å². The molecule has 48 heavy (non-hydrogen) atoms. The minimum Gasteiger partial charge on any atom is -0.333 e. The highest BCUT2D eigenvalue weighted by molar-refractivity contribution is 6.42. The summed E-state index contributed by atoms with van der Waals surface area (Å²) >= 11 is 12.2. The monoisotopic (exact) mass is 682 g/mol. The summed E-state index contributed by atoms with van der Waals surface area (Å²) in [7, 11) is 0. The van der Waals surface area contributed by atoms with Gasteiger partial charge in [0, 0.05) is 25.2 Å². The molecule has 2 aliphatic heterocycles. The maximum Gasteiger partial charge on any atom is 0.333 e. The third-order valence-corrected chi connectivity index (χ3v) is 9.37. The third-order valence-electron chi connectivity index (χ3n) is 8.63. The number of hydrazine groups is 1. The summed E-state index contributed by atoms with van der Waals surface area (Å²) in [5, 5.41) is 11.3. The highest BCUT2D eigenvalue weighted by atomic mass is 35.5. The van der Waals surface area contributed by atoms with Gasteiger partial charge in [0.25, 0.3) is 0 Å². The fraction of sp³-hybridized carbons (Fsp3) is 0.222. The average Bonchev–Trinajstić information content (AvgIpc) is 3.41. The minimum atomic E-state index is -0.840. The molecule has 0 bridgehead atoms. The molecule has 0 saturated carbocycles. The van der Waals surface area contributed by atoms with Gasteiger partial charge >= 0.3 is 6.03 Å².